The van der Waals surface area contributed by atoms with Gasteiger partial charge in [0.2, 0.25) is 5.78 Å². The van der Waals surface area contributed by atoms with E-state index in [0.717, 1.165) is 0 Å². The minimum atomic E-state index is -8.57. The number of carbonyl (C=O) groups excluding carboxylic acids is 1. The molecule has 1 aliphatic heterocycles. The Balaban J connectivity index is 1.75. The third-order valence-corrected chi connectivity index (χ3v) is 8.17. The Hall–Kier alpha value is -4.30. The SMILES string of the molecule is O=C(C1=CO[C@H](COCc2ccccc2)[C@@H](OCc2ccccc2)[C@@H]1OCc1ccccc1)C(F)(F)C(F)(F)C(F)(F)C(F)(F)C(F)(F)C(F)(F)C(F)(F)F. The van der Waals surface area contributed by atoms with Crippen molar-refractivity contribution in [1.82, 2.24) is 0 Å². The molecule has 0 bridgehead atoms. The molecule has 1 heterocycles. The molecule has 5 nitrogen and oxygen atoms in total. The average molecular weight is 813 g/mol. The van der Waals surface area contributed by atoms with Crippen molar-refractivity contribution in [3.63, 3.8) is 0 Å². The summed E-state index contributed by atoms with van der Waals surface area (Å²) in [7, 11) is 0. The number of benzene rings is 3. The van der Waals surface area contributed by atoms with Crippen LogP contribution in [0.1, 0.15) is 16.7 Å². The second-order valence-electron chi connectivity index (χ2n) is 12.0. The van der Waals surface area contributed by atoms with Gasteiger partial charge in [-0.3, -0.25) is 4.79 Å². The highest BCUT2D eigenvalue weighted by Crippen LogP contribution is 2.62. The molecule has 55 heavy (non-hydrogen) atoms. The standard InChI is InChI=1S/C35H27F15O5/c36-29(37,30(38,39)31(40,41)32(42,43)33(44,45)34(46,47)35(48,49)50)28(51)24-19-53-25(20-52-16-21-10-4-1-5-11-21)27(55-18-23-14-8-3-9-15-23)26(24)54-17-22-12-6-2-7-13-22/h1-15,19,25-27H,16-18,20H2/t25-,26-,27-/m1/s1. The summed E-state index contributed by atoms with van der Waals surface area (Å²) >= 11 is 0. The van der Waals surface area contributed by atoms with E-state index in [0.29, 0.717) is 11.1 Å². The van der Waals surface area contributed by atoms with Crippen molar-refractivity contribution in [2.45, 2.75) is 79.8 Å². The summed E-state index contributed by atoms with van der Waals surface area (Å²) in [6, 6.07) is 23.0. The molecule has 302 valence electrons. The highest BCUT2D eigenvalue weighted by Gasteiger charge is 2.94. The van der Waals surface area contributed by atoms with Crippen LogP contribution < -0.4 is 0 Å². The van der Waals surface area contributed by atoms with Crippen molar-refractivity contribution < 1.29 is 89.6 Å². The number of rotatable bonds is 17. The van der Waals surface area contributed by atoms with Crippen LogP contribution in [-0.4, -0.2) is 72.4 Å². The van der Waals surface area contributed by atoms with Crippen LogP contribution in [0.3, 0.4) is 0 Å². The van der Waals surface area contributed by atoms with E-state index in [9.17, 15) is 61.9 Å². The van der Waals surface area contributed by atoms with Gasteiger partial charge in [-0.1, -0.05) is 91.0 Å². The maximum absolute atomic E-state index is 15.3. The Morgan fingerprint density at radius 2 is 0.927 bits per heavy atom. The molecule has 3 aromatic carbocycles. The summed E-state index contributed by atoms with van der Waals surface area (Å²) in [5.41, 5.74) is -0.646. The number of Topliss-reactive ketones (excluding diaryl/α,β-unsaturated/α-hetero) is 1. The Morgan fingerprint density at radius 1 is 0.527 bits per heavy atom. The van der Waals surface area contributed by atoms with E-state index >= 15 is 8.78 Å². The zero-order valence-electron chi connectivity index (χ0n) is 27.5. The maximum atomic E-state index is 15.3. The smallest absolute Gasteiger partial charge is 0.460 e. The summed E-state index contributed by atoms with van der Waals surface area (Å²) < 4.78 is 232. The molecule has 0 N–H and O–H groups in total. The minimum Gasteiger partial charge on any atom is -0.492 e. The van der Waals surface area contributed by atoms with Crippen LogP contribution >= 0.6 is 0 Å². The average Bonchev–Trinajstić information content (AvgIpc) is 3.13. The van der Waals surface area contributed by atoms with Gasteiger partial charge in [-0.2, -0.15) is 65.9 Å². The lowest BCUT2D eigenvalue weighted by molar-refractivity contribution is -0.449. The van der Waals surface area contributed by atoms with Crippen LogP contribution in [0.4, 0.5) is 65.9 Å². The highest BCUT2D eigenvalue weighted by atomic mass is 19.4. The normalized spacial score (nSPS) is 19.1. The molecular formula is C35H27F15O5. The number of alkyl halides is 15. The number of hydrogen-bond donors (Lipinski definition) is 0. The van der Waals surface area contributed by atoms with Gasteiger partial charge >= 0.3 is 41.7 Å². The van der Waals surface area contributed by atoms with Crippen molar-refractivity contribution in [3.8, 4) is 0 Å². The molecule has 1 aliphatic rings. The van der Waals surface area contributed by atoms with Gasteiger partial charge in [-0.15, -0.1) is 0 Å². The fourth-order valence-electron chi connectivity index (χ4n) is 5.06. The van der Waals surface area contributed by atoms with Crippen LogP contribution in [0.25, 0.3) is 0 Å². The molecule has 0 saturated carbocycles. The molecule has 0 aliphatic carbocycles. The molecule has 4 rings (SSSR count). The van der Waals surface area contributed by atoms with E-state index in [2.05, 4.69) is 0 Å². The minimum absolute atomic E-state index is 0.0103. The first kappa shape index (κ1) is 43.4. The van der Waals surface area contributed by atoms with Gasteiger partial charge in [0.25, 0.3) is 0 Å². The van der Waals surface area contributed by atoms with Crippen LogP contribution in [0, 0.1) is 0 Å². The molecule has 3 atom stereocenters. The molecule has 0 aromatic heterocycles. The summed E-state index contributed by atoms with van der Waals surface area (Å²) in [6.45, 7) is -1.79. The van der Waals surface area contributed by atoms with Gasteiger partial charge in [-0.25, -0.2) is 0 Å². The van der Waals surface area contributed by atoms with E-state index < -0.39 is 91.2 Å². The summed E-state index contributed by atoms with van der Waals surface area (Å²) in [5.74, 6) is -52.6. The Labute approximate surface area is 301 Å². The van der Waals surface area contributed by atoms with Crippen LogP contribution in [0.2, 0.25) is 0 Å². The van der Waals surface area contributed by atoms with Crippen molar-refractivity contribution >= 4 is 5.78 Å². The third-order valence-electron chi connectivity index (χ3n) is 8.17. The quantitative estimate of drug-likeness (QED) is 0.127. The summed E-state index contributed by atoms with van der Waals surface area (Å²) in [6.07, 6.45) is -13.5. The van der Waals surface area contributed by atoms with Crippen LogP contribution in [-0.2, 0) is 43.6 Å². The molecule has 20 heteroatoms. The molecule has 0 unspecified atom stereocenters. The van der Waals surface area contributed by atoms with Gasteiger partial charge < -0.3 is 18.9 Å². The number of ether oxygens (including phenoxy) is 4. The summed E-state index contributed by atoms with van der Waals surface area (Å²) in [4.78, 5) is 13.2. The Kier molecular flexibility index (Phi) is 12.7. The number of halogens is 15. The van der Waals surface area contributed by atoms with Gasteiger partial charge in [-0.05, 0) is 16.7 Å². The van der Waals surface area contributed by atoms with Gasteiger partial charge in [0.15, 0.2) is 0 Å². The first-order valence-corrected chi connectivity index (χ1v) is 15.6. The molecule has 3 aromatic rings. The van der Waals surface area contributed by atoms with E-state index in [1.807, 2.05) is 0 Å². The zero-order chi connectivity index (χ0) is 41.1. The van der Waals surface area contributed by atoms with E-state index in [1.54, 1.807) is 36.4 Å². The van der Waals surface area contributed by atoms with Crippen molar-refractivity contribution in [2.24, 2.45) is 0 Å². The first-order chi connectivity index (χ1) is 25.4. The van der Waals surface area contributed by atoms with Crippen LogP contribution in [0.15, 0.2) is 103 Å². The molecular weight excluding hydrogens is 785 g/mol. The van der Waals surface area contributed by atoms with Gasteiger partial charge in [0, 0.05) is 0 Å². The zero-order valence-corrected chi connectivity index (χ0v) is 27.5. The maximum Gasteiger partial charge on any atom is 0.460 e. The predicted molar refractivity (Wildman–Crippen MR) is 160 cm³/mol. The van der Waals surface area contributed by atoms with Crippen molar-refractivity contribution in [2.75, 3.05) is 6.61 Å². The molecule has 0 radical (unpaired) electrons. The largest absolute Gasteiger partial charge is 0.492 e. The number of ketones is 1. The topological polar surface area (TPSA) is 54.0 Å². The fraction of sp³-hybridized carbons (Fsp3) is 0.400. The van der Waals surface area contributed by atoms with Gasteiger partial charge in [0.05, 0.1) is 38.3 Å². The lowest BCUT2D eigenvalue weighted by Gasteiger charge is -2.42. The van der Waals surface area contributed by atoms with E-state index in [1.165, 1.54) is 54.6 Å². The number of hydrogen-bond acceptors (Lipinski definition) is 5. The third kappa shape index (κ3) is 8.30. The second-order valence-corrected chi connectivity index (χ2v) is 12.0. The lowest BCUT2D eigenvalue weighted by Crippen LogP contribution is -2.73. The van der Waals surface area contributed by atoms with E-state index in [4.69, 9.17) is 18.9 Å². The lowest BCUT2D eigenvalue weighted by atomic mass is 9.86. The van der Waals surface area contributed by atoms with Crippen molar-refractivity contribution in [1.29, 1.82) is 0 Å². The highest BCUT2D eigenvalue weighted by molar-refractivity contribution is 6.02. The Morgan fingerprint density at radius 3 is 1.38 bits per heavy atom. The van der Waals surface area contributed by atoms with Gasteiger partial charge in [0.1, 0.15) is 18.3 Å². The molecule has 0 fully saturated rings. The Bertz CT molecular complexity index is 1750. The second kappa shape index (κ2) is 16.0. The molecule has 0 saturated heterocycles. The number of carbonyl (C=O) groups is 1. The monoisotopic (exact) mass is 812 g/mol. The first-order valence-electron chi connectivity index (χ1n) is 15.6. The van der Waals surface area contributed by atoms with Crippen molar-refractivity contribution in [3.05, 3.63) is 120 Å². The van der Waals surface area contributed by atoms with E-state index in [-0.39, 0.29) is 18.4 Å². The summed E-state index contributed by atoms with van der Waals surface area (Å²) in [5, 5.41) is 0. The predicted octanol–water partition coefficient (Wildman–Crippen LogP) is 9.60. The molecule has 0 amide bonds. The fourth-order valence-corrected chi connectivity index (χ4v) is 5.06. The van der Waals surface area contributed by atoms with Crippen LogP contribution in [0.5, 0.6) is 0 Å². The molecule has 0 spiro atoms.